The van der Waals surface area contributed by atoms with Crippen LogP contribution in [0.15, 0.2) is 4.79 Å². The third-order valence-corrected chi connectivity index (χ3v) is 2.49. The van der Waals surface area contributed by atoms with Crippen molar-refractivity contribution < 1.29 is 9.90 Å². The van der Waals surface area contributed by atoms with Crippen LogP contribution in [0.3, 0.4) is 0 Å². The molecular weight excluding hydrogens is 222 g/mol. The number of hydrogen-bond acceptors (Lipinski definition) is 4. The van der Waals surface area contributed by atoms with Crippen molar-refractivity contribution in [2.24, 2.45) is 0 Å². The number of aliphatic hydroxyl groups excluding tert-OH is 1. The highest BCUT2D eigenvalue weighted by molar-refractivity contribution is 5.92. The number of nitrogens with zero attached hydrogens (tertiary/aromatic N) is 1. The zero-order valence-corrected chi connectivity index (χ0v) is 10.2. The van der Waals surface area contributed by atoms with Crippen molar-refractivity contribution in [1.29, 1.82) is 0 Å². The van der Waals surface area contributed by atoms with Gasteiger partial charge in [0.1, 0.15) is 0 Å². The summed E-state index contributed by atoms with van der Waals surface area (Å²) < 4.78 is 0. The number of aliphatic hydroxyl groups is 1. The molecule has 0 radical (unpaired) electrons. The predicted molar refractivity (Wildman–Crippen MR) is 63.0 cm³/mol. The molecule has 0 fully saturated rings. The van der Waals surface area contributed by atoms with Crippen LogP contribution in [-0.4, -0.2) is 33.6 Å². The summed E-state index contributed by atoms with van der Waals surface area (Å²) in [6.07, 6.45) is 0.439. The Morgan fingerprint density at radius 2 is 2.18 bits per heavy atom. The van der Waals surface area contributed by atoms with Crippen molar-refractivity contribution >= 4 is 5.91 Å². The highest BCUT2D eigenvalue weighted by Crippen LogP contribution is 1.98. The van der Waals surface area contributed by atoms with Crippen LogP contribution in [0.2, 0.25) is 0 Å². The lowest BCUT2D eigenvalue weighted by atomic mass is 10.2. The number of nitrogens with one attached hydrogen (secondary N) is 2. The fourth-order valence-corrected chi connectivity index (χ4v) is 1.33. The molecule has 0 aliphatic carbocycles. The largest absolute Gasteiger partial charge is 0.396 e. The van der Waals surface area contributed by atoms with Crippen LogP contribution in [0.25, 0.3) is 0 Å². The van der Waals surface area contributed by atoms with E-state index < -0.39 is 11.5 Å². The number of rotatable bonds is 4. The molecule has 0 spiro atoms. The van der Waals surface area contributed by atoms with Gasteiger partial charge in [0.2, 0.25) is 0 Å². The van der Waals surface area contributed by atoms with Crippen molar-refractivity contribution in [3.63, 3.8) is 0 Å². The predicted octanol–water partition coefficient (Wildman–Crippen LogP) is -0.113. The maximum Gasteiger partial charge on any atom is 0.279 e. The van der Waals surface area contributed by atoms with Gasteiger partial charge in [-0.2, -0.15) is 0 Å². The molecule has 1 atom stereocenters. The van der Waals surface area contributed by atoms with Gasteiger partial charge >= 0.3 is 0 Å². The minimum atomic E-state index is -0.518. The molecule has 6 nitrogen and oxygen atoms in total. The van der Waals surface area contributed by atoms with E-state index in [9.17, 15) is 9.59 Å². The van der Waals surface area contributed by atoms with Crippen LogP contribution < -0.4 is 10.9 Å². The molecule has 0 bridgehead atoms. The molecule has 0 aliphatic rings. The van der Waals surface area contributed by atoms with Crippen LogP contribution in [-0.2, 0) is 0 Å². The van der Waals surface area contributed by atoms with E-state index in [4.69, 9.17) is 5.11 Å². The van der Waals surface area contributed by atoms with Crippen LogP contribution in [0.4, 0.5) is 0 Å². The number of carbonyl (C=O) groups is 1. The van der Waals surface area contributed by atoms with E-state index in [-0.39, 0.29) is 18.3 Å². The summed E-state index contributed by atoms with van der Waals surface area (Å²) in [4.78, 5) is 29.8. The third kappa shape index (κ3) is 3.39. The van der Waals surface area contributed by atoms with Gasteiger partial charge in [-0.3, -0.25) is 9.59 Å². The molecule has 3 N–H and O–H groups in total. The number of carbonyl (C=O) groups excluding carboxylic acids is 1. The molecule has 17 heavy (non-hydrogen) atoms. The van der Waals surface area contributed by atoms with E-state index in [0.717, 1.165) is 0 Å². The number of aromatic nitrogens is 2. The van der Waals surface area contributed by atoms with Gasteiger partial charge in [-0.05, 0) is 27.2 Å². The molecule has 0 saturated carbocycles. The maximum absolute atomic E-state index is 11.7. The molecular formula is C11H17N3O3. The smallest absolute Gasteiger partial charge is 0.279 e. The zero-order valence-electron chi connectivity index (χ0n) is 10.2. The molecule has 1 aromatic heterocycles. The van der Waals surface area contributed by atoms with Gasteiger partial charge in [-0.25, -0.2) is 4.98 Å². The van der Waals surface area contributed by atoms with Gasteiger partial charge in [0.15, 0.2) is 5.69 Å². The van der Waals surface area contributed by atoms with Crippen molar-refractivity contribution in [2.75, 3.05) is 6.61 Å². The summed E-state index contributed by atoms with van der Waals surface area (Å²) in [6, 6.07) is -0.199. The van der Waals surface area contributed by atoms with Gasteiger partial charge in [0.25, 0.3) is 11.5 Å². The van der Waals surface area contributed by atoms with Gasteiger partial charge in [-0.15, -0.1) is 0 Å². The maximum atomic E-state index is 11.7. The summed E-state index contributed by atoms with van der Waals surface area (Å²) in [6.45, 7) is 5.18. The molecule has 1 aromatic rings. The fourth-order valence-electron chi connectivity index (χ4n) is 1.33. The highest BCUT2D eigenvalue weighted by atomic mass is 16.3. The van der Waals surface area contributed by atoms with E-state index in [0.29, 0.717) is 17.8 Å². The second-order valence-electron chi connectivity index (χ2n) is 4.01. The number of aromatic amines is 1. The molecule has 1 amide bonds. The van der Waals surface area contributed by atoms with Crippen LogP contribution >= 0.6 is 0 Å². The molecule has 1 heterocycles. The zero-order chi connectivity index (χ0) is 13.0. The fraction of sp³-hybridized carbons (Fsp3) is 0.545. The first-order valence-corrected chi connectivity index (χ1v) is 5.45. The first kappa shape index (κ1) is 13.4. The molecule has 6 heteroatoms. The van der Waals surface area contributed by atoms with Crippen LogP contribution in [0, 0.1) is 13.8 Å². The Morgan fingerprint density at radius 1 is 1.53 bits per heavy atom. The number of hydrogen-bond donors (Lipinski definition) is 3. The Kier molecular flexibility index (Phi) is 4.39. The second-order valence-corrected chi connectivity index (χ2v) is 4.01. The Labute approximate surface area is 99.1 Å². The summed E-state index contributed by atoms with van der Waals surface area (Å²) in [5.74, 6) is -0.518. The Hall–Kier alpha value is -1.69. The minimum absolute atomic E-state index is 0.0157. The summed E-state index contributed by atoms with van der Waals surface area (Å²) in [5, 5.41) is 11.3. The molecule has 0 aliphatic heterocycles. The lowest BCUT2D eigenvalue weighted by Crippen LogP contribution is -2.37. The Bertz CT molecular complexity index is 468. The van der Waals surface area contributed by atoms with Crippen LogP contribution in [0.5, 0.6) is 0 Å². The first-order valence-electron chi connectivity index (χ1n) is 5.45. The molecule has 0 aromatic carbocycles. The van der Waals surface area contributed by atoms with E-state index >= 15 is 0 Å². The number of H-pyrrole nitrogens is 1. The van der Waals surface area contributed by atoms with Gasteiger partial charge in [0, 0.05) is 18.3 Å². The normalized spacial score (nSPS) is 12.2. The summed E-state index contributed by atoms with van der Waals surface area (Å²) >= 11 is 0. The van der Waals surface area contributed by atoms with E-state index in [1.807, 2.05) is 0 Å². The minimum Gasteiger partial charge on any atom is -0.396 e. The Morgan fingerprint density at radius 3 is 2.76 bits per heavy atom. The standard InChI is InChI=1S/C11H17N3O3/c1-6(4-5-15)12-10(16)9-11(17)14-8(3)7(2)13-9/h6,15H,4-5H2,1-3H3,(H,12,16)(H,14,17). The van der Waals surface area contributed by atoms with Crippen molar-refractivity contribution in [3.05, 3.63) is 27.4 Å². The monoisotopic (exact) mass is 239 g/mol. The van der Waals surface area contributed by atoms with Crippen LogP contribution in [0.1, 0.15) is 35.2 Å². The van der Waals surface area contributed by atoms with Gasteiger partial charge < -0.3 is 15.4 Å². The number of aryl methyl sites for hydroxylation is 2. The Balaban J connectivity index is 2.90. The summed E-state index contributed by atoms with van der Waals surface area (Å²) in [7, 11) is 0. The van der Waals surface area contributed by atoms with Gasteiger partial charge in [0.05, 0.1) is 5.69 Å². The third-order valence-electron chi connectivity index (χ3n) is 2.49. The second kappa shape index (κ2) is 5.58. The lowest BCUT2D eigenvalue weighted by Gasteiger charge is -2.11. The first-order chi connectivity index (χ1) is 7.95. The molecule has 94 valence electrons. The summed E-state index contributed by atoms with van der Waals surface area (Å²) in [5.41, 5.74) is 0.624. The topological polar surface area (TPSA) is 95.1 Å². The number of amides is 1. The average Bonchev–Trinajstić information content (AvgIpc) is 2.23. The van der Waals surface area contributed by atoms with Crippen molar-refractivity contribution in [1.82, 2.24) is 15.3 Å². The lowest BCUT2D eigenvalue weighted by molar-refractivity contribution is 0.0927. The quantitative estimate of drug-likeness (QED) is 0.683. The van der Waals surface area contributed by atoms with E-state index in [2.05, 4.69) is 15.3 Å². The van der Waals surface area contributed by atoms with E-state index in [1.165, 1.54) is 0 Å². The van der Waals surface area contributed by atoms with Crippen molar-refractivity contribution in [3.8, 4) is 0 Å². The van der Waals surface area contributed by atoms with Gasteiger partial charge in [-0.1, -0.05) is 0 Å². The molecule has 0 saturated heterocycles. The average molecular weight is 239 g/mol. The SMILES string of the molecule is Cc1nc(C(=O)NC(C)CCO)c(=O)[nH]c1C. The van der Waals surface area contributed by atoms with Crippen molar-refractivity contribution in [2.45, 2.75) is 33.2 Å². The van der Waals surface area contributed by atoms with E-state index in [1.54, 1.807) is 20.8 Å². The highest BCUT2D eigenvalue weighted by Gasteiger charge is 2.15. The molecule has 1 rings (SSSR count). The molecule has 1 unspecified atom stereocenters.